The minimum atomic E-state index is -0.687. The van der Waals surface area contributed by atoms with Gasteiger partial charge in [-0.3, -0.25) is 14.3 Å². The van der Waals surface area contributed by atoms with Crippen molar-refractivity contribution in [2.24, 2.45) is 7.05 Å². The van der Waals surface area contributed by atoms with E-state index in [9.17, 15) is 14.7 Å². The van der Waals surface area contributed by atoms with Gasteiger partial charge in [-0.1, -0.05) is 0 Å². The van der Waals surface area contributed by atoms with Gasteiger partial charge in [0.25, 0.3) is 5.91 Å². The monoisotopic (exact) mass is 374 g/mol. The van der Waals surface area contributed by atoms with Crippen LogP contribution in [0, 0.1) is 6.92 Å². The van der Waals surface area contributed by atoms with Gasteiger partial charge < -0.3 is 14.9 Å². The average Bonchev–Trinajstić information content (AvgIpc) is 3.23. The quantitative estimate of drug-likeness (QED) is 0.853. The topological polar surface area (TPSA) is 78.7 Å². The maximum atomic E-state index is 13.6. The molecule has 1 saturated carbocycles. The number of carbonyl (C=O) groups excluding carboxylic acids is 2. The highest BCUT2D eigenvalue weighted by atomic mass is 16.3. The van der Waals surface area contributed by atoms with Gasteiger partial charge in [0.2, 0.25) is 5.91 Å². The highest BCUT2D eigenvalue weighted by molar-refractivity contribution is 6.00. The van der Waals surface area contributed by atoms with Crippen LogP contribution in [0.2, 0.25) is 0 Å². The highest BCUT2D eigenvalue weighted by Gasteiger charge is 2.54. The summed E-state index contributed by atoms with van der Waals surface area (Å²) in [5.74, 6) is 0.0647. The fourth-order valence-corrected chi connectivity index (χ4v) is 5.25. The molecule has 4 rings (SSSR count). The first-order valence-electron chi connectivity index (χ1n) is 10.2. The van der Waals surface area contributed by atoms with E-state index in [0.717, 1.165) is 63.6 Å². The summed E-state index contributed by atoms with van der Waals surface area (Å²) in [4.78, 5) is 30.8. The third-order valence-electron chi connectivity index (χ3n) is 6.95. The van der Waals surface area contributed by atoms with Crippen molar-refractivity contribution in [3.63, 3.8) is 0 Å². The van der Waals surface area contributed by atoms with E-state index in [1.54, 1.807) is 10.9 Å². The van der Waals surface area contributed by atoms with Crippen molar-refractivity contribution in [1.82, 2.24) is 19.6 Å². The largest absolute Gasteiger partial charge is 0.393 e. The first-order chi connectivity index (χ1) is 12.9. The third-order valence-corrected chi connectivity index (χ3v) is 6.95. The Hall–Kier alpha value is -1.89. The second kappa shape index (κ2) is 6.93. The Balaban J connectivity index is 1.59. The molecule has 1 aliphatic carbocycles. The fraction of sp³-hybridized carbons (Fsp3) is 0.750. The van der Waals surface area contributed by atoms with Crippen molar-refractivity contribution in [3.05, 3.63) is 17.5 Å². The van der Waals surface area contributed by atoms with Crippen LogP contribution in [0.5, 0.6) is 0 Å². The number of piperidine rings is 1. The molecule has 2 saturated heterocycles. The fourth-order valence-electron chi connectivity index (χ4n) is 5.25. The van der Waals surface area contributed by atoms with E-state index in [2.05, 4.69) is 5.10 Å². The molecule has 0 aromatic carbocycles. The molecule has 2 aliphatic heterocycles. The number of aliphatic hydroxyl groups excluding tert-OH is 1. The summed E-state index contributed by atoms with van der Waals surface area (Å²) in [5.41, 5.74) is 0.751. The van der Waals surface area contributed by atoms with E-state index in [4.69, 9.17) is 0 Å². The summed E-state index contributed by atoms with van der Waals surface area (Å²) >= 11 is 0. The molecule has 7 nitrogen and oxygen atoms in total. The molecule has 148 valence electrons. The first-order valence-corrected chi connectivity index (χ1v) is 10.2. The molecule has 1 aromatic heterocycles. The Kier molecular flexibility index (Phi) is 4.74. The third kappa shape index (κ3) is 2.96. The van der Waals surface area contributed by atoms with Crippen LogP contribution >= 0.6 is 0 Å². The number of aryl methyl sites for hydroxylation is 1. The Bertz CT molecular complexity index is 738. The Morgan fingerprint density at radius 1 is 1.19 bits per heavy atom. The maximum absolute atomic E-state index is 13.6. The first kappa shape index (κ1) is 18.5. The summed E-state index contributed by atoms with van der Waals surface area (Å²) < 4.78 is 1.71. The second-order valence-corrected chi connectivity index (χ2v) is 8.42. The lowest BCUT2D eigenvalue weighted by Gasteiger charge is -2.48. The van der Waals surface area contributed by atoms with Gasteiger partial charge in [0.05, 0.1) is 17.9 Å². The van der Waals surface area contributed by atoms with Gasteiger partial charge in [-0.05, 0) is 58.3 Å². The van der Waals surface area contributed by atoms with Crippen LogP contribution < -0.4 is 0 Å². The molecule has 1 unspecified atom stereocenters. The number of nitrogens with zero attached hydrogens (tertiary/aromatic N) is 4. The molecule has 2 amide bonds. The van der Waals surface area contributed by atoms with E-state index in [1.165, 1.54) is 0 Å². The SMILES string of the molecule is Cc1c(C(=O)N2CCCC23CCCN(C2CCC(O)CC2)C3=O)cnn1C. The molecule has 0 radical (unpaired) electrons. The molecular formula is C20H30N4O3. The van der Waals surface area contributed by atoms with Crippen LogP contribution in [0.3, 0.4) is 0 Å². The average molecular weight is 374 g/mol. The summed E-state index contributed by atoms with van der Waals surface area (Å²) in [6.07, 6.45) is 7.94. The normalized spacial score (nSPS) is 31.7. The van der Waals surface area contributed by atoms with E-state index >= 15 is 0 Å². The van der Waals surface area contributed by atoms with Gasteiger partial charge >= 0.3 is 0 Å². The lowest BCUT2D eigenvalue weighted by Crippen LogP contribution is -2.63. The van der Waals surface area contributed by atoms with Crippen LogP contribution in [-0.2, 0) is 11.8 Å². The van der Waals surface area contributed by atoms with E-state index < -0.39 is 5.54 Å². The molecule has 0 bridgehead atoms. The number of aliphatic hydroxyl groups is 1. The minimum Gasteiger partial charge on any atom is -0.393 e. The van der Waals surface area contributed by atoms with Gasteiger partial charge in [-0.2, -0.15) is 5.10 Å². The number of rotatable bonds is 2. The van der Waals surface area contributed by atoms with Crippen LogP contribution in [0.15, 0.2) is 6.20 Å². The Morgan fingerprint density at radius 3 is 2.48 bits per heavy atom. The predicted octanol–water partition coefficient (Wildman–Crippen LogP) is 1.63. The summed E-state index contributed by atoms with van der Waals surface area (Å²) in [6, 6.07) is 0.204. The number of hydrogen-bond donors (Lipinski definition) is 1. The smallest absolute Gasteiger partial charge is 0.258 e. The molecule has 3 fully saturated rings. The number of likely N-dealkylation sites (tertiary alicyclic amines) is 2. The van der Waals surface area contributed by atoms with Gasteiger partial charge in [-0.15, -0.1) is 0 Å². The highest BCUT2D eigenvalue weighted by Crippen LogP contribution is 2.41. The lowest BCUT2D eigenvalue weighted by atomic mass is 9.82. The summed E-state index contributed by atoms with van der Waals surface area (Å²) in [5, 5.41) is 14.0. The molecule has 3 heterocycles. The van der Waals surface area contributed by atoms with E-state index in [-0.39, 0.29) is 24.0 Å². The van der Waals surface area contributed by atoms with Crippen molar-refractivity contribution in [2.75, 3.05) is 13.1 Å². The standard InChI is InChI=1S/C20H30N4O3/c1-14-17(13-21-22(14)2)18(26)24-12-4-10-20(24)9-3-11-23(19(20)27)15-5-7-16(25)8-6-15/h13,15-16,25H,3-12H2,1-2H3. The van der Waals surface area contributed by atoms with Gasteiger partial charge in [0.1, 0.15) is 5.54 Å². The predicted molar refractivity (Wildman–Crippen MR) is 100 cm³/mol. The number of hydrogen-bond acceptors (Lipinski definition) is 4. The van der Waals surface area contributed by atoms with Crippen molar-refractivity contribution in [3.8, 4) is 0 Å². The summed E-state index contributed by atoms with van der Waals surface area (Å²) in [7, 11) is 1.83. The zero-order chi connectivity index (χ0) is 19.2. The van der Waals surface area contributed by atoms with Crippen LogP contribution in [0.4, 0.5) is 0 Å². The Morgan fingerprint density at radius 2 is 1.85 bits per heavy atom. The number of carbonyl (C=O) groups is 2. The molecule has 1 N–H and O–H groups in total. The number of aromatic nitrogens is 2. The molecule has 1 aromatic rings. The molecule has 27 heavy (non-hydrogen) atoms. The van der Waals surface area contributed by atoms with Gasteiger partial charge in [0.15, 0.2) is 0 Å². The lowest BCUT2D eigenvalue weighted by molar-refractivity contribution is -0.149. The zero-order valence-electron chi connectivity index (χ0n) is 16.4. The van der Waals surface area contributed by atoms with Crippen molar-refractivity contribution >= 4 is 11.8 Å². The molecule has 7 heteroatoms. The van der Waals surface area contributed by atoms with Crippen LogP contribution in [0.1, 0.15) is 67.4 Å². The second-order valence-electron chi connectivity index (χ2n) is 8.42. The molecule has 3 aliphatic rings. The van der Waals surface area contributed by atoms with Crippen molar-refractivity contribution in [2.45, 2.75) is 76.0 Å². The number of amides is 2. The minimum absolute atomic E-state index is 0.0626. The van der Waals surface area contributed by atoms with Gasteiger partial charge in [0, 0.05) is 31.9 Å². The van der Waals surface area contributed by atoms with Crippen molar-refractivity contribution in [1.29, 1.82) is 0 Å². The molecule has 1 spiro atoms. The van der Waals surface area contributed by atoms with Crippen LogP contribution in [-0.4, -0.2) is 67.3 Å². The maximum Gasteiger partial charge on any atom is 0.258 e. The Labute approximate surface area is 160 Å². The van der Waals surface area contributed by atoms with Crippen molar-refractivity contribution < 1.29 is 14.7 Å². The summed E-state index contributed by atoms with van der Waals surface area (Å²) in [6.45, 7) is 3.30. The van der Waals surface area contributed by atoms with Gasteiger partial charge in [-0.25, -0.2) is 0 Å². The van der Waals surface area contributed by atoms with E-state index in [0.29, 0.717) is 12.1 Å². The molecular weight excluding hydrogens is 344 g/mol. The van der Waals surface area contributed by atoms with E-state index in [1.807, 2.05) is 23.8 Å². The zero-order valence-corrected chi connectivity index (χ0v) is 16.4. The van der Waals surface area contributed by atoms with Crippen LogP contribution in [0.25, 0.3) is 0 Å². The molecule has 1 atom stereocenters.